The van der Waals surface area contributed by atoms with Gasteiger partial charge in [-0.25, -0.2) is 0 Å². The van der Waals surface area contributed by atoms with E-state index in [0.29, 0.717) is 11.8 Å². The smallest absolute Gasteiger partial charge is 0.248 e. The van der Waals surface area contributed by atoms with Gasteiger partial charge in [0.15, 0.2) is 0 Å². The summed E-state index contributed by atoms with van der Waals surface area (Å²) in [4.78, 5) is 0. The summed E-state index contributed by atoms with van der Waals surface area (Å²) in [5, 5.41) is 8.31. The lowest BCUT2D eigenvalue weighted by Gasteiger charge is -2.05. The average molecular weight is 312 g/mol. The molecule has 0 N–H and O–H groups in total. The van der Waals surface area contributed by atoms with Crippen molar-refractivity contribution in [1.29, 1.82) is 0 Å². The summed E-state index contributed by atoms with van der Waals surface area (Å²) >= 11 is 0. The largest absolute Gasteiger partial charge is 0.416 e. The van der Waals surface area contributed by atoms with Crippen molar-refractivity contribution in [3.05, 3.63) is 84.4 Å². The molecule has 0 unspecified atom stereocenters. The topological polar surface area (TPSA) is 38.9 Å². The lowest BCUT2D eigenvalue weighted by molar-refractivity contribution is 0.584. The van der Waals surface area contributed by atoms with Gasteiger partial charge in [0.2, 0.25) is 11.8 Å². The minimum absolute atomic E-state index is 0.533. The highest BCUT2D eigenvalue weighted by Crippen LogP contribution is 2.27. The van der Waals surface area contributed by atoms with Crippen LogP contribution in [0.5, 0.6) is 0 Å². The van der Waals surface area contributed by atoms with E-state index in [1.54, 1.807) is 0 Å². The molecule has 0 saturated heterocycles. The average Bonchev–Trinajstić information content (AvgIpc) is 3.13. The van der Waals surface area contributed by atoms with Crippen LogP contribution in [-0.4, -0.2) is 10.2 Å². The third-order valence-corrected chi connectivity index (χ3v) is 4.03. The van der Waals surface area contributed by atoms with Crippen molar-refractivity contribution in [2.24, 2.45) is 0 Å². The van der Waals surface area contributed by atoms with Gasteiger partial charge >= 0.3 is 0 Å². The number of hydrogen-bond acceptors (Lipinski definition) is 3. The minimum Gasteiger partial charge on any atom is -0.416 e. The molecular weight excluding hydrogens is 296 g/mol. The molecule has 0 aliphatic heterocycles. The van der Waals surface area contributed by atoms with E-state index in [1.165, 1.54) is 16.7 Å². The van der Waals surface area contributed by atoms with Crippen molar-refractivity contribution in [1.82, 2.24) is 10.2 Å². The van der Waals surface area contributed by atoms with Crippen LogP contribution in [0.2, 0.25) is 0 Å². The minimum atomic E-state index is 0.533. The zero-order chi connectivity index (χ0) is 16.4. The Morgan fingerprint density at radius 1 is 0.583 bits per heavy atom. The molecule has 0 fully saturated rings. The molecule has 0 radical (unpaired) electrons. The molecule has 0 aliphatic rings. The van der Waals surface area contributed by atoms with Gasteiger partial charge < -0.3 is 4.42 Å². The standard InChI is InChI=1S/C21H16N2O/c1-15-7-5-6-10-19(15)16-11-13-18(14-12-16)21-23-22-20(24-21)17-8-3-2-4-9-17/h2-14H,1H3. The summed E-state index contributed by atoms with van der Waals surface area (Å²) in [6, 6.07) is 26.4. The molecule has 4 rings (SSSR count). The van der Waals surface area contributed by atoms with Gasteiger partial charge in [0.1, 0.15) is 0 Å². The van der Waals surface area contributed by atoms with Crippen LogP contribution < -0.4 is 0 Å². The summed E-state index contributed by atoms with van der Waals surface area (Å²) in [5.41, 5.74) is 5.52. The zero-order valence-electron chi connectivity index (χ0n) is 13.3. The first kappa shape index (κ1) is 14.4. The van der Waals surface area contributed by atoms with E-state index in [4.69, 9.17) is 4.42 Å². The Balaban J connectivity index is 1.64. The molecule has 1 aromatic heterocycles. The third kappa shape index (κ3) is 2.72. The number of rotatable bonds is 3. The number of aryl methyl sites for hydroxylation is 1. The van der Waals surface area contributed by atoms with E-state index in [1.807, 2.05) is 42.5 Å². The van der Waals surface area contributed by atoms with Gasteiger partial charge in [0, 0.05) is 11.1 Å². The van der Waals surface area contributed by atoms with Crippen LogP contribution in [0.25, 0.3) is 34.0 Å². The summed E-state index contributed by atoms with van der Waals surface area (Å²) in [5.74, 6) is 1.07. The summed E-state index contributed by atoms with van der Waals surface area (Å²) in [7, 11) is 0. The van der Waals surface area contributed by atoms with Crippen molar-refractivity contribution in [2.75, 3.05) is 0 Å². The maximum absolute atomic E-state index is 5.80. The van der Waals surface area contributed by atoms with E-state index < -0.39 is 0 Å². The second-order valence-corrected chi connectivity index (χ2v) is 5.67. The lowest BCUT2D eigenvalue weighted by Crippen LogP contribution is -1.83. The first-order valence-electron chi connectivity index (χ1n) is 7.86. The van der Waals surface area contributed by atoms with E-state index in [0.717, 1.165) is 11.1 Å². The Kier molecular flexibility index (Phi) is 3.67. The molecule has 24 heavy (non-hydrogen) atoms. The number of nitrogens with zero attached hydrogens (tertiary/aromatic N) is 2. The van der Waals surface area contributed by atoms with Crippen LogP contribution in [0.3, 0.4) is 0 Å². The Hall–Kier alpha value is -3.20. The van der Waals surface area contributed by atoms with Gasteiger partial charge in [0.05, 0.1) is 0 Å². The Labute approximate surface area is 140 Å². The fourth-order valence-corrected chi connectivity index (χ4v) is 2.73. The van der Waals surface area contributed by atoms with Crippen LogP contribution >= 0.6 is 0 Å². The number of aromatic nitrogens is 2. The normalized spacial score (nSPS) is 10.7. The lowest BCUT2D eigenvalue weighted by atomic mass is 10.00. The predicted molar refractivity (Wildman–Crippen MR) is 95.3 cm³/mol. The van der Waals surface area contributed by atoms with Crippen molar-refractivity contribution in [3.8, 4) is 34.0 Å². The number of benzene rings is 3. The number of hydrogen-bond donors (Lipinski definition) is 0. The summed E-state index contributed by atoms with van der Waals surface area (Å²) < 4.78 is 5.80. The van der Waals surface area contributed by atoms with Crippen LogP contribution in [0.15, 0.2) is 83.3 Å². The van der Waals surface area contributed by atoms with Gasteiger partial charge in [-0.05, 0) is 47.9 Å². The van der Waals surface area contributed by atoms with Gasteiger partial charge in [-0.15, -0.1) is 10.2 Å². The SMILES string of the molecule is Cc1ccccc1-c1ccc(-c2nnc(-c3ccccc3)o2)cc1. The third-order valence-electron chi connectivity index (χ3n) is 4.03. The fourth-order valence-electron chi connectivity index (χ4n) is 2.73. The highest BCUT2D eigenvalue weighted by Gasteiger charge is 2.10. The van der Waals surface area contributed by atoms with Crippen molar-refractivity contribution in [2.45, 2.75) is 6.92 Å². The Bertz CT molecular complexity index is 957. The first-order valence-corrected chi connectivity index (χ1v) is 7.86. The summed E-state index contributed by atoms with van der Waals surface area (Å²) in [6.45, 7) is 2.12. The van der Waals surface area contributed by atoms with Crippen LogP contribution in [-0.2, 0) is 0 Å². The molecule has 4 aromatic rings. The quantitative estimate of drug-likeness (QED) is 0.510. The van der Waals surface area contributed by atoms with E-state index in [-0.39, 0.29) is 0 Å². The van der Waals surface area contributed by atoms with Gasteiger partial charge in [-0.2, -0.15) is 0 Å². The van der Waals surface area contributed by atoms with Crippen LogP contribution in [0, 0.1) is 6.92 Å². The molecule has 0 bridgehead atoms. The molecule has 0 atom stereocenters. The maximum Gasteiger partial charge on any atom is 0.248 e. The van der Waals surface area contributed by atoms with E-state index in [2.05, 4.69) is 53.5 Å². The fraction of sp³-hybridized carbons (Fsp3) is 0.0476. The van der Waals surface area contributed by atoms with Crippen LogP contribution in [0.4, 0.5) is 0 Å². The second kappa shape index (κ2) is 6.13. The monoisotopic (exact) mass is 312 g/mol. The van der Waals surface area contributed by atoms with E-state index >= 15 is 0 Å². The van der Waals surface area contributed by atoms with Crippen molar-refractivity contribution >= 4 is 0 Å². The van der Waals surface area contributed by atoms with Gasteiger partial charge in [-0.1, -0.05) is 54.6 Å². The van der Waals surface area contributed by atoms with Crippen molar-refractivity contribution in [3.63, 3.8) is 0 Å². The Morgan fingerprint density at radius 2 is 1.12 bits per heavy atom. The second-order valence-electron chi connectivity index (χ2n) is 5.67. The molecule has 0 saturated carbocycles. The van der Waals surface area contributed by atoms with Crippen LogP contribution in [0.1, 0.15) is 5.56 Å². The molecule has 116 valence electrons. The van der Waals surface area contributed by atoms with E-state index in [9.17, 15) is 0 Å². The first-order chi connectivity index (χ1) is 11.8. The molecular formula is C21H16N2O. The maximum atomic E-state index is 5.80. The van der Waals surface area contributed by atoms with Crippen molar-refractivity contribution < 1.29 is 4.42 Å². The highest BCUT2D eigenvalue weighted by molar-refractivity contribution is 5.70. The highest BCUT2D eigenvalue weighted by atomic mass is 16.4. The zero-order valence-corrected chi connectivity index (χ0v) is 13.3. The predicted octanol–water partition coefficient (Wildman–Crippen LogP) is 5.38. The molecule has 1 heterocycles. The van der Waals surface area contributed by atoms with Gasteiger partial charge in [0.25, 0.3) is 0 Å². The molecule has 0 spiro atoms. The molecule has 3 nitrogen and oxygen atoms in total. The Morgan fingerprint density at radius 3 is 1.79 bits per heavy atom. The molecule has 3 heteroatoms. The van der Waals surface area contributed by atoms with Gasteiger partial charge in [-0.3, -0.25) is 0 Å². The molecule has 3 aromatic carbocycles. The molecule has 0 amide bonds. The molecule has 0 aliphatic carbocycles. The summed E-state index contributed by atoms with van der Waals surface area (Å²) in [6.07, 6.45) is 0.